The molecule has 2 N–H and O–H groups in total. The Balaban J connectivity index is 1.13. The number of hydrogen-bond donors (Lipinski definition) is 2. The zero-order valence-corrected chi connectivity index (χ0v) is 22.8. The third-order valence-electron chi connectivity index (χ3n) is 6.14. The van der Waals surface area contributed by atoms with E-state index in [9.17, 15) is 9.59 Å². The third kappa shape index (κ3) is 8.72. The van der Waals surface area contributed by atoms with Gasteiger partial charge in [-0.1, -0.05) is 38.1 Å². The Bertz CT molecular complexity index is 1260. The van der Waals surface area contributed by atoms with Crippen molar-refractivity contribution in [2.45, 2.75) is 52.4 Å². The highest BCUT2D eigenvalue weighted by molar-refractivity contribution is 6.30. The Morgan fingerprint density at radius 2 is 1.05 bits per heavy atom. The predicted molar refractivity (Wildman–Crippen MR) is 148 cm³/mol. The smallest absolute Gasteiger partial charge is 0.425 e. The summed E-state index contributed by atoms with van der Waals surface area (Å²) < 4.78 is 21.5. The number of imidazole rings is 2. The van der Waals surface area contributed by atoms with Crippen LogP contribution in [0.15, 0.2) is 60.9 Å². The van der Waals surface area contributed by atoms with Crippen molar-refractivity contribution in [1.29, 1.82) is 0 Å². The summed E-state index contributed by atoms with van der Waals surface area (Å²) in [6.45, 7) is 5.27. The van der Waals surface area contributed by atoms with E-state index in [-0.39, 0.29) is 12.0 Å². The number of aromatic amines is 2. The highest BCUT2D eigenvalue weighted by Crippen LogP contribution is 2.15. The van der Waals surface area contributed by atoms with Gasteiger partial charge >= 0.3 is 24.0 Å². The van der Waals surface area contributed by atoms with Gasteiger partial charge in [0.15, 0.2) is 0 Å². The van der Waals surface area contributed by atoms with Crippen LogP contribution in [0, 0.1) is 0 Å². The number of nitrogens with zero attached hydrogens (tertiary/aromatic N) is 2. The molecule has 2 aromatic heterocycles. The maximum absolute atomic E-state index is 12.1. The number of benzene rings is 2. The van der Waals surface area contributed by atoms with Crippen LogP contribution >= 0.6 is 0 Å². The fourth-order valence-electron chi connectivity index (χ4n) is 3.84. The normalized spacial score (nSPS) is 10.8. The summed E-state index contributed by atoms with van der Waals surface area (Å²) in [5.74, 6) is -0.775. The lowest BCUT2D eigenvalue weighted by Crippen LogP contribution is -2.26. The average molecular weight is 547 g/mol. The summed E-state index contributed by atoms with van der Waals surface area (Å²) in [6, 6.07) is 15.8. The number of hydrogen-bond acceptors (Lipinski definition) is 8. The molecule has 0 aliphatic rings. The maximum Gasteiger partial charge on any atom is 0.425 e. The lowest BCUT2D eigenvalue weighted by Gasteiger charge is -2.06. The summed E-state index contributed by atoms with van der Waals surface area (Å²) in [7, 11) is 0. The standard InChI is InChI=1S/C30H34N4O6/c1-3-21-9-13-25(14-10-21)37-17-5-7-23-19-31-29(33-23)39-27(35)28(36)40-30-32-20-24(34-30)8-6-18-38-26-15-11-22(4-2)12-16-26/h9-16,19-20H,3-8,17-18H2,1-2H3,(H,31,33)(H,32,34). The van der Waals surface area contributed by atoms with Gasteiger partial charge in [-0.2, -0.15) is 0 Å². The Morgan fingerprint density at radius 1 is 0.650 bits per heavy atom. The number of H-pyrrole nitrogens is 2. The highest BCUT2D eigenvalue weighted by Gasteiger charge is 2.22. The zero-order chi connectivity index (χ0) is 28.2. The van der Waals surface area contributed by atoms with Crippen molar-refractivity contribution in [3.63, 3.8) is 0 Å². The van der Waals surface area contributed by atoms with Gasteiger partial charge in [0.1, 0.15) is 11.5 Å². The van der Waals surface area contributed by atoms with Gasteiger partial charge in [-0.25, -0.2) is 19.6 Å². The number of nitrogens with one attached hydrogen (secondary N) is 2. The van der Waals surface area contributed by atoms with Crippen LogP contribution in [0.1, 0.15) is 49.2 Å². The largest absolute Gasteiger partial charge is 0.494 e. The van der Waals surface area contributed by atoms with Crippen LogP contribution in [0.5, 0.6) is 23.5 Å². The minimum Gasteiger partial charge on any atom is -0.494 e. The molecule has 0 aliphatic heterocycles. The first-order valence-electron chi connectivity index (χ1n) is 13.5. The predicted octanol–water partition coefficient (Wildman–Crippen LogP) is 4.79. The second-order valence-electron chi connectivity index (χ2n) is 9.11. The topological polar surface area (TPSA) is 128 Å². The van der Waals surface area contributed by atoms with Crippen LogP contribution in [-0.2, 0) is 35.3 Å². The van der Waals surface area contributed by atoms with E-state index in [0.717, 1.165) is 48.6 Å². The molecule has 4 aromatic rings. The Morgan fingerprint density at radius 3 is 1.43 bits per heavy atom. The van der Waals surface area contributed by atoms with Gasteiger partial charge in [0.25, 0.3) is 0 Å². The van der Waals surface area contributed by atoms with Crippen LogP contribution in [0.2, 0.25) is 0 Å². The van der Waals surface area contributed by atoms with E-state index in [1.807, 2.05) is 48.5 Å². The summed E-state index contributed by atoms with van der Waals surface area (Å²) in [5, 5.41) is 0. The minimum absolute atomic E-state index is 0.0857. The van der Waals surface area contributed by atoms with Crippen molar-refractivity contribution in [3.05, 3.63) is 83.4 Å². The van der Waals surface area contributed by atoms with Crippen molar-refractivity contribution in [3.8, 4) is 23.5 Å². The zero-order valence-electron chi connectivity index (χ0n) is 22.8. The summed E-state index contributed by atoms with van der Waals surface area (Å²) in [5.41, 5.74) is 4.02. The van der Waals surface area contributed by atoms with Crippen LogP contribution < -0.4 is 18.9 Å². The van der Waals surface area contributed by atoms with E-state index < -0.39 is 11.9 Å². The maximum atomic E-state index is 12.1. The number of carbonyl (C=O) groups is 2. The number of aryl methyl sites for hydroxylation is 4. The van der Waals surface area contributed by atoms with E-state index in [2.05, 4.69) is 33.8 Å². The van der Waals surface area contributed by atoms with Gasteiger partial charge in [-0.15, -0.1) is 0 Å². The van der Waals surface area contributed by atoms with Gasteiger partial charge in [0, 0.05) is 11.4 Å². The Hall–Kier alpha value is -4.60. The molecule has 4 rings (SSSR count). The van der Waals surface area contributed by atoms with E-state index in [4.69, 9.17) is 18.9 Å². The van der Waals surface area contributed by atoms with Crippen molar-refractivity contribution < 1.29 is 28.5 Å². The van der Waals surface area contributed by atoms with Gasteiger partial charge < -0.3 is 28.9 Å². The number of rotatable bonds is 14. The Kier molecular flexibility index (Phi) is 10.3. The first kappa shape index (κ1) is 28.4. The molecule has 0 amide bonds. The second kappa shape index (κ2) is 14.5. The second-order valence-corrected chi connectivity index (χ2v) is 9.11. The van der Waals surface area contributed by atoms with Gasteiger partial charge in [-0.3, -0.25) is 0 Å². The number of esters is 2. The Labute approximate surface area is 233 Å². The monoisotopic (exact) mass is 546 g/mol. The van der Waals surface area contributed by atoms with E-state index in [1.54, 1.807) is 12.4 Å². The summed E-state index contributed by atoms with van der Waals surface area (Å²) >= 11 is 0. The first-order chi connectivity index (χ1) is 19.5. The number of ether oxygens (including phenoxy) is 4. The first-order valence-corrected chi connectivity index (χ1v) is 13.5. The van der Waals surface area contributed by atoms with E-state index in [0.29, 0.717) is 26.1 Å². The SMILES string of the molecule is CCc1ccc(OCCCc2cnc(OC(=O)C(=O)Oc3ncc(CCCOc4ccc(CC)cc4)[nH]3)[nH]2)cc1. The molecule has 0 saturated carbocycles. The fourth-order valence-corrected chi connectivity index (χ4v) is 3.84. The van der Waals surface area contributed by atoms with E-state index >= 15 is 0 Å². The number of carbonyl (C=O) groups excluding carboxylic acids is 2. The van der Waals surface area contributed by atoms with Gasteiger partial charge in [-0.05, 0) is 73.9 Å². The van der Waals surface area contributed by atoms with Crippen LogP contribution in [0.4, 0.5) is 0 Å². The molecule has 210 valence electrons. The van der Waals surface area contributed by atoms with Crippen molar-refractivity contribution >= 4 is 11.9 Å². The number of aromatic nitrogens is 4. The molecule has 0 spiro atoms. The summed E-state index contributed by atoms with van der Waals surface area (Å²) in [6.07, 6.45) is 7.79. The lowest BCUT2D eigenvalue weighted by molar-refractivity contribution is -0.156. The molecule has 2 heterocycles. The fraction of sp³-hybridized carbons (Fsp3) is 0.333. The van der Waals surface area contributed by atoms with Crippen molar-refractivity contribution in [1.82, 2.24) is 19.9 Å². The van der Waals surface area contributed by atoms with Crippen molar-refractivity contribution in [2.24, 2.45) is 0 Å². The summed E-state index contributed by atoms with van der Waals surface area (Å²) in [4.78, 5) is 38.0. The molecule has 0 unspecified atom stereocenters. The van der Waals surface area contributed by atoms with Crippen LogP contribution in [0.3, 0.4) is 0 Å². The molecule has 0 radical (unpaired) electrons. The molecular formula is C30H34N4O6. The lowest BCUT2D eigenvalue weighted by atomic mass is 10.2. The molecule has 40 heavy (non-hydrogen) atoms. The van der Waals surface area contributed by atoms with Crippen molar-refractivity contribution in [2.75, 3.05) is 13.2 Å². The van der Waals surface area contributed by atoms with E-state index in [1.165, 1.54) is 11.1 Å². The molecule has 0 saturated heterocycles. The molecular weight excluding hydrogens is 512 g/mol. The third-order valence-corrected chi connectivity index (χ3v) is 6.14. The molecule has 0 bridgehead atoms. The molecule has 0 aliphatic carbocycles. The van der Waals surface area contributed by atoms with Crippen LogP contribution in [0.25, 0.3) is 0 Å². The molecule has 0 fully saturated rings. The highest BCUT2D eigenvalue weighted by atomic mass is 16.6. The van der Waals surface area contributed by atoms with Gasteiger partial charge in [0.05, 0.1) is 25.6 Å². The minimum atomic E-state index is -1.21. The molecule has 10 heteroatoms. The van der Waals surface area contributed by atoms with Gasteiger partial charge in [0.2, 0.25) is 0 Å². The van der Waals surface area contributed by atoms with Crippen LogP contribution in [-0.4, -0.2) is 45.1 Å². The molecule has 0 atom stereocenters. The molecule has 10 nitrogen and oxygen atoms in total. The average Bonchev–Trinajstić information content (AvgIpc) is 3.63. The quantitative estimate of drug-likeness (QED) is 0.131. The molecule has 2 aromatic carbocycles.